The second-order valence-corrected chi connectivity index (χ2v) is 5.22. The van der Waals surface area contributed by atoms with E-state index >= 15 is 0 Å². The van der Waals surface area contributed by atoms with Gasteiger partial charge in [0.05, 0.1) is 31.1 Å². The molecule has 0 amide bonds. The molecule has 1 fully saturated rings. The van der Waals surface area contributed by atoms with Gasteiger partial charge in [0.2, 0.25) is 0 Å². The van der Waals surface area contributed by atoms with Crippen LogP contribution in [0.15, 0.2) is 36.8 Å². The van der Waals surface area contributed by atoms with Crippen LogP contribution in [0.4, 0.5) is 5.69 Å². The number of rotatable bonds is 3. The number of ether oxygens (including phenoxy) is 2. The predicted molar refractivity (Wildman–Crippen MR) is 74.8 cm³/mol. The summed E-state index contributed by atoms with van der Waals surface area (Å²) in [6.07, 6.45) is 5.38. The fourth-order valence-electron chi connectivity index (χ4n) is 2.02. The first-order chi connectivity index (χ1) is 9.62. The molecule has 0 atom stereocenters. The quantitative estimate of drug-likeness (QED) is 0.925. The van der Waals surface area contributed by atoms with Crippen LogP contribution < -0.4 is 5.32 Å². The van der Waals surface area contributed by atoms with Crippen molar-refractivity contribution in [2.45, 2.75) is 25.7 Å². The van der Waals surface area contributed by atoms with E-state index in [0.29, 0.717) is 13.2 Å². The highest BCUT2D eigenvalue weighted by molar-refractivity contribution is 5.44. The molecule has 106 valence electrons. The van der Waals surface area contributed by atoms with Gasteiger partial charge in [0, 0.05) is 12.4 Å². The maximum absolute atomic E-state index is 5.61. The predicted octanol–water partition coefficient (Wildman–Crippen LogP) is 1.83. The summed E-state index contributed by atoms with van der Waals surface area (Å²) in [7, 11) is 0. The van der Waals surface area contributed by atoms with Crippen LogP contribution in [0.2, 0.25) is 0 Å². The number of aromatic nitrogens is 3. The molecule has 6 heteroatoms. The number of pyridine rings is 1. The summed E-state index contributed by atoms with van der Waals surface area (Å²) in [5.74, 6) is 0.304. The molecule has 0 bridgehead atoms. The monoisotopic (exact) mass is 274 g/mol. The highest BCUT2D eigenvalue weighted by Crippen LogP contribution is 2.19. The third kappa shape index (κ3) is 2.97. The lowest BCUT2D eigenvalue weighted by atomic mass is 10.2. The zero-order valence-electron chi connectivity index (χ0n) is 11.6. The summed E-state index contributed by atoms with van der Waals surface area (Å²) in [5, 5.41) is 7.49. The Morgan fingerprint density at radius 2 is 2.10 bits per heavy atom. The Morgan fingerprint density at radius 1 is 1.30 bits per heavy atom. The minimum atomic E-state index is -0.486. The molecule has 3 rings (SSSR count). The molecule has 1 aliphatic rings. The van der Waals surface area contributed by atoms with E-state index in [1.165, 1.54) is 0 Å². The lowest BCUT2D eigenvalue weighted by Crippen LogP contribution is -2.45. The molecule has 1 saturated heterocycles. The van der Waals surface area contributed by atoms with E-state index in [1.54, 1.807) is 17.1 Å². The van der Waals surface area contributed by atoms with E-state index in [1.807, 2.05) is 38.2 Å². The van der Waals surface area contributed by atoms with Crippen LogP contribution in [0.25, 0.3) is 5.82 Å². The summed E-state index contributed by atoms with van der Waals surface area (Å²) in [4.78, 5) is 4.37. The van der Waals surface area contributed by atoms with Crippen LogP contribution in [0.3, 0.4) is 0 Å². The minimum absolute atomic E-state index is 0.139. The van der Waals surface area contributed by atoms with Gasteiger partial charge in [0.15, 0.2) is 11.6 Å². The number of nitrogens with one attached hydrogen (secondary N) is 1. The minimum Gasteiger partial charge on any atom is -0.376 e. The lowest BCUT2D eigenvalue weighted by Gasteiger charge is -2.35. The highest BCUT2D eigenvalue weighted by atomic mass is 16.7. The summed E-state index contributed by atoms with van der Waals surface area (Å²) in [6.45, 7) is 5.08. The van der Waals surface area contributed by atoms with Crippen molar-refractivity contribution in [1.82, 2.24) is 14.8 Å². The van der Waals surface area contributed by atoms with Gasteiger partial charge >= 0.3 is 0 Å². The number of anilines is 1. The van der Waals surface area contributed by atoms with Crippen molar-refractivity contribution in [1.29, 1.82) is 0 Å². The van der Waals surface area contributed by atoms with Crippen molar-refractivity contribution in [2.75, 3.05) is 18.5 Å². The van der Waals surface area contributed by atoms with Crippen LogP contribution >= 0.6 is 0 Å². The summed E-state index contributed by atoms with van der Waals surface area (Å²) < 4.78 is 12.9. The zero-order valence-corrected chi connectivity index (χ0v) is 11.6. The molecular formula is C14H18N4O2. The van der Waals surface area contributed by atoms with Gasteiger partial charge in [-0.15, -0.1) is 0 Å². The van der Waals surface area contributed by atoms with Gasteiger partial charge in [-0.3, -0.25) is 0 Å². The molecule has 0 unspecified atom stereocenters. The van der Waals surface area contributed by atoms with Crippen LogP contribution in [0.5, 0.6) is 0 Å². The van der Waals surface area contributed by atoms with Crippen molar-refractivity contribution >= 4 is 5.69 Å². The normalized spacial score (nSPS) is 18.9. The smallest absolute Gasteiger partial charge is 0.162 e. The van der Waals surface area contributed by atoms with Gasteiger partial charge in [-0.2, -0.15) is 5.10 Å². The molecule has 6 nitrogen and oxygen atoms in total. The van der Waals surface area contributed by atoms with Crippen molar-refractivity contribution in [3.8, 4) is 5.82 Å². The molecule has 3 heterocycles. The second kappa shape index (κ2) is 5.22. The largest absolute Gasteiger partial charge is 0.376 e. The molecule has 2 aromatic heterocycles. The Bertz CT molecular complexity index is 541. The number of nitrogens with zero attached hydrogens (tertiary/aromatic N) is 3. The topological polar surface area (TPSA) is 61.2 Å². The second-order valence-electron chi connectivity index (χ2n) is 5.22. The van der Waals surface area contributed by atoms with E-state index in [4.69, 9.17) is 9.47 Å². The highest BCUT2D eigenvalue weighted by Gasteiger charge is 2.28. The molecule has 2 aromatic rings. The Kier molecular flexibility index (Phi) is 3.42. The standard InChI is InChI=1S/C14H18N4O2/c1-14(2)19-9-12(10-20-14)17-11-4-5-13(15-8-11)18-7-3-6-16-18/h3-8,12,17H,9-10H2,1-2H3. The Labute approximate surface area is 117 Å². The number of hydrogen-bond acceptors (Lipinski definition) is 5. The van der Waals surface area contributed by atoms with Crippen LogP contribution in [-0.4, -0.2) is 39.8 Å². The first-order valence-corrected chi connectivity index (χ1v) is 6.63. The van der Waals surface area contributed by atoms with Crippen molar-refractivity contribution in [3.05, 3.63) is 36.8 Å². The van der Waals surface area contributed by atoms with E-state index in [-0.39, 0.29) is 6.04 Å². The van der Waals surface area contributed by atoms with E-state index in [9.17, 15) is 0 Å². The Morgan fingerprint density at radius 3 is 2.70 bits per heavy atom. The average molecular weight is 274 g/mol. The fraction of sp³-hybridized carbons (Fsp3) is 0.429. The zero-order chi connectivity index (χ0) is 14.0. The molecule has 1 N–H and O–H groups in total. The van der Waals surface area contributed by atoms with Gasteiger partial charge in [0.1, 0.15) is 0 Å². The fourth-order valence-corrected chi connectivity index (χ4v) is 2.02. The van der Waals surface area contributed by atoms with Gasteiger partial charge < -0.3 is 14.8 Å². The molecule has 0 saturated carbocycles. The Balaban J connectivity index is 1.61. The molecule has 0 radical (unpaired) electrons. The van der Waals surface area contributed by atoms with Crippen molar-refractivity contribution in [2.24, 2.45) is 0 Å². The molecule has 1 aliphatic heterocycles. The average Bonchev–Trinajstić information content (AvgIpc) is 2.96. The Hall–Kier alpha value is -1.92. The maximum atomic E-state index is 5.61. The van der Waals surface area contributed by atoms with Crippen molar-refractivity contribution < 1.29 is 9.47 Å². The molecule has 20 heavy (non-hydrogen) atoms. The van der Waals surface area contributed by atoms with Crippen LogP contribution in [0, 0.1) is 0 Å². The third-order valence-electron chi connectivity index (χ3n) is 3.12. The van der Waals surface area contributed by atoms with E-state index in [2.05, 4.69) is 15.4 Å². The van der Waals surface area contributed by atoms with E-state index < -0.39 is 5.79 Å². The van der Waals surface area contributed by atoms with Gasteiger partial charge in [-0.1, -0.05) is 0 Å². The lowest BCUT2D eigenvalue weighted by molar-refractivity contribution is -0.247. The molecular weight excluding hydrogens is 256 g/mol. The summed E-state index contributed by atoms with van der Waals surface area (Å²) in [5.41, 5.74) is 0.942. The molecule has 0 aliphatic carbocycles. The third-order valence-corrected chi connectivity index (χ3v) is 3.12. The first-order valence-electron chi connectivity index (χ1n) is 6.63. The van der Waals surface area contributed by atoms with Crippen LogP contribution in [-0.2, 0) is 9.47 Å². The van der Waals surface area contributed by atoms with Crippen molar-refractivity contribution in [3.63, 3.8) is 0 Å². The van der Waals surface area contributed by atoms with E-state index in [0.717, 1.165) is 11.5 Å². The first kappa shape index (κ1) is 13.1. The molecule has 0 aromatic carbocycles. The summed E-state index contributed by atoms with van der Waals surface area (Å²) >= 11 is 0. The van der Waals surface area contributed by atoms with Crippen LogP contribution in [0.1, 0.15) is 13.8 Å². The van der Waals surface area contributed by atoms with Gasteiger partial charge in [0.25, 0.3) is 0 Å². The summed E-state index contributed by atoms with van der Waals surface area (Å²) in [6, 6.07) is 5.90. The van der Waals surface area contributed by atoms with Gasteiger partial charge in [-0.25, -0.2) is 9.67 Å². The maximum Gasteiger partial charge on any atom is 0.162 e. The molecule has 0 spiro atoms. The van der Waals surface area contributed by atoms with Gasteiger partial charge in [-0.05, 0) is 32.0 Å². The number of hydrogen-bond donors (Lipinski definition) is 1. The SMILES string of the molecule is CC1(C)OCC(Nc2ccc(-n3cccn3)nc2)CO1.